The van der Waals surface area contributed by atoms with Gasteiger partial charge in [-0.3, -0.25) is 0 Å². The van der Waals surface area contributed by atoms with Gasteiger partial charge in [0.2, 0.25) is 6.10 Å². The van der Waals surface area contributed by atoms with E-state index in [4.69, 9.17) is 9.47 Å². The third-order valence-corrected chi connectivity index (χ3v) is 3.20. The smallest absolute Gasteiger partial charge is 0.359 e. The van der Waals surface area contributed by atoms with Crippen molar-refractivity contribution in [1.82, 2.24) is 9.38 Å². The van der Waals surface area contributed by atoms with Crippen LogP contribution in [0.25, 0.3) is 5.65 Å². The zero-order chi connectivity index (χ0) is 14.3. The van der Waals surface area contributed by atoms with E-state index in [1.54, 1.807) is 17.5 Å². The largest absolute Gasteiger partial charge is 0.460 e. The summed E-state index contributed by atoms with van der Waals surface area (Å²) in [5.74, 6) is -1.10. The van der Waals surface area contributed by atoms with Crippen LogP contribution < -0.4 is 0 Å². The first-order chi connectivity index (χ1) is 9.52. The minimum atomic E-state index is -0.830. The van der Waals surface area contributed by atoms with Gasteiger partial charge in [0.25, 0.3) is 0 Å². The predicted octanol–water partition coefficient (Wildman–Crippen LogP) is 1.50. The molecule has 2 unspecified atom stereocenters. The Bertz CT molecular complexity index is 692. The van der Waals surface area contributed by atoms with Crippen LogP contribution >= 0.6 is 0 Å². The SMILES string of the molecule is Cc1ccn2cc(C(=O)OC3CC(C)OC3=O)nc2c1. The predicted molar refractivity (Wildman–Crippen MR) is 69.3 cm³/mol. The molecule has 104 valence electrons. The van der Waals surface area contributed by atoms with Crippen LogP contribution in [-0.4, -0.2) is 33.5 Å². The minimum Gasteiger partial charge on any atom is -0.460 e. The molecule has 3 rings (SSSR count). The number of hydrogen-bond donors (Lipinski definition) is 0. The highest BCUT2D eigenvalue weighted by molar-refractivity contribution is 5.90. The quantitative estimate of drug-likeness (QED) is 0.776. The summed E-state index contributed by atoms with van der Waals surface area (Å²) >= 11 is 0. The molecule has 1 fully saturated rings. The normalized spacial score (nSPS) is 22.0. The Morgan fingerprint density at radius 1 is 1.55 bits per heavy atom. The topological polar surface area (TPSA) is 69.9 Å². The number of esters is 2. The first kappa shape index (κ1) is 12.7. The lowest BCUT2D eigenvalue weighted by Crippen LogP contribution is -2.22. The first-order valence-corrected chi connectivity index (χ1v) is 6.40. The maximum absolute atomic E-state index is 12.0. The molecule has 0 amide bonds. The first-order valence-electron chi connectivity index (χ1n) is 6.40. The van der Waals surface area contributed by atoms with Gasteiger partial charge in [-0.15, -0.1) is 0 Å². The van der Waals surface area contributed by atoms with E-state index in [1.165, 1.54) is 0 Å². The van der Waals surface area contributed by atoms with E-state index in [0.29, 0.717) is 12.1 Å². The van der Waals surface area contributed by atoms with Crippen LogP contribution in [0.15, 0.2) is 24.5 Å². The summed E-state index contributed by atoms with van der Waals surface area (Å²) < 4.78 is 11.8. The van der Waals surface area contributed by atoms with Crippen molar-refractivity contribution in [3.8, 4) is 0 Å². The molecule has 2 atom stereocenters. The highest BCUT2D eigenvalue weighted by Crippen LogP contribution is 2.19. The lowest BCUT2D eigenvalue weighted by atomic mass is 10.2. The number of carbonyl (C=O) groups excluding carboxylic acids is 2. The molecule has 1 saturated heterocycles. The molecule has 2 aromatic rings. The number of hydrogen-bond acceptors (Lipinski definition) is 5. The number of carbonyl (C=O) groups is 2. The number of nitrogens with zero attached hydrogens (tertiary/aromatic N) is 2. The number of fused-ring (bicyclic) bond motifs is 1. The fraction of sp³-hybridized carbons (Fsp3) is 0.357. The number of cyclic esters (lactones) is 1. The van der Waals surface area contributed by atoms with Gasteiger partial charge in [-0.1, -0.05) is 0 Å². The number of ether oxygens (including phenoxy) is 2. The van der Waals surface area contributed by atoms with Crippen LogP contribution in [0.4, 0.5) is 0 Å². The van der Waals surface area contributed by atoms with E-state index in [9.17, 15) is 9.59 Å². The van der Waals surface area contributed by atoms with Crippen LogP contribution in [0.5, 0.6) is 0 Å². The van der Waals surface area contributed by atoms with Gasteiger partial charge < -0.3 is 13.9 Å². The monoisotopic (exact) mass is 274 g/mol. The molecule has 1 aliphatic rings. The average molecular weight is 274 g/mol. The van der Waals surface area contributed by atoms with Crippen molar-refractivity contribution >= 4 is 17.6 Å². The number of imidazole rings is 1. The molecule has 0 aromatic carbocycles. The summed E-state index contributed by atoms with van der Waals surface area (Å²) in [6.07, 6.45) is 2.74. The second-order valence-corrected chi connectivity index (χ2v) is 4.97. The fourth-order valence-corrected chi connectivity index (χ4v) is 2.19. The Morgan fingerprint density at radius 3 is 3.05 bits per heavy atom. The number of aryl methyl sites for hydroxylation is 1. The van der Waals surface area contributed by atoms with E-state index >= 15 is 0 Å². The van der Waals surface area contributed by atoms with E-state index in [1.807, 2.05) is 25.3 Å². The van der Waals surface area contributed by atoms with Crippen molar-refractivity contribution in [2.75, 3.05) is 0 Å². The lowest BCUT2D eigenvalue weighted by molar-refractivity contribution is -0.147. The average Bonchev–Trinajstić information content (AvgIpc) is 2.92. The zero-order valence-corrected chi connectivity index (χ0v) is 11.2. The van der Waals surface area contributed by atoms with Crippen molar-refractivity contribution in [2.24, 2.45) is 0 Å². The van der Waals surface area contributed by atoms with Crippen LogP contribution in [0, 0.1) is 6.92 Å². The van der Waals surface area contributed by atoms with Gasteiger partial charge in [0.15, 0.2) is 5.69 Å². The molecule has 0 N–H and O–H groups in total. The van der Waals surface area contributed by atoms with Crippen LogP contribution in [0.1, 0.15) is 29.4 Å². The molecule has 0 saturated carbocycles. The molecule has 0 spiro atoms. The Labute approximate surface area is 115 Å². The molecule has 0 aliphatic carbocycles. The Morgan fingerprint density at radius 2 is 2.35 bits per heavy atom. The van der Waals surface area contributed by atoms with Crippen LogP contribution in [0.2, 0.25) is 0 Å². The van der Waals surface area contributed by atoms with E-state index in [2.05, 4.69) is 4.98 Å². The van der Waals surface area contributed by atoms with E-state index < -0.39 is 18.0 Å². The van der Waals surface area contributed by atoms with Crippen molar-refractivity contribution in [3.63, 3.8) is 0 Å². The number of rotatable bonds is 2. The van der Waals surface area contributed by atoms with Gasteiger partial charge in [-0.2, -0.15) is 0 Å². The maximum Gasteiger partial charge on any atom is 0.359 e. The molecule has 0 bridgehead atoms. The van der Waals surface area contributed by atoms with E-state index in [0.717, 1.165) is 5.56 Å². The van der Waals surface area contributed by atoms with E-state index in [-0.39, 0.29) is 11.8 Å². The summed E-state index contributed by atoms with van der Waals surface area (Å²) in [5, 5.41) is 0. The molecule has 6 heteroatoms. The third-order valence-electron chi connectivity index (χ3n) is 3.20. The van der Waals surface area contributed by atoms with Crippen LogP contribution in [-0.2, 0) is 14.3 Å². The minimum absolute atomic E-state index is 0.183. The van der Waals surface area contributed by atoms with Crippen molar-refractivity contribution in [2.45, 2.75) is 32.5 Å². The standard InChI is InChI=1S/C14H14N2O4/c1-8-3-4-16-7-10(15-12(16)5-8)13(17)20-11-6-9(2)19-14(11)18/h3-5,7,9,11H,6H2,1-2H3. The second kappa shape index (κ2) is 4.63. The summed E-state index contributed by atoms with van der Waals surface area (Å²) in [7, 11) is 0. The zero-order valence-electron chi connectivity index (χ0n) is 11.2. The molecular formula is C14H14N2O4. The summed E-state index contributed by atoms with van der Waals surface area (Å²) in [4.78, 5) is 27.6. The third kappa shape index (κ3) is 2.24. The maximum atomic E-state index is 12.0. The summed E-state index contributed by atoms with van der Waals surface area (Å²) in [6, 6.07) is 3.78. The molecular weight excluding hydrogens is 260 g/mol. The van der Waals surface area contributed by atoms with Crippen LogP contribution in [0.3, 0.4) is 0 Å². The van der Waals surface area contributed by atoms with Gasteiger partial charge in [0.1, 0.15) is 11.8 Å². The Hall–Kier alpha value is -2.37. The van der Waals surface area contributed by atoms with Gasteiger partial charge in [-0.25, -0.2) is 14.6 Å². The van der Waals surface area contributed by atoms with Crippen molar-refractivity contribution < 1.29 is 19.1 Å². The van der Waals surface area contributed by atoms with Crippen molar-refractivity contribution in [3.05, 3.63) is 35.8 Å². The van der Waals surface area contributed by atoms with Gasteiger partial charge in [0.05, 0.1) is 0 Å². The Balaban J connectivity index is 1.80. The fourth-order valence-electron chi connectivity index (χ4n) is 2.19. The molecule has 20 heavy (non-hydrogen) atoms. The molecule has 0 radical (unpaired) electrons. The second-order valence-electron chi connectivity index (χ2n) is 4.97. The summed E-state index contributed by atoms with van der Waals surface area (Å²) in [6.45, 7) is 3.71. The van der Waals surface area contributed by atoms with Gasteiger partial charge >= 0.3 is 11.9 Å². The highest BCUT2D eigenvalue weighted by atomic mass is 16.6. The number of aromatic nitrogens is 2. The van der Waals surface area contributed by atoms with Crippen molar-refractivity contribution in [1.29, 1.82) is 0 Å². The molecule has 3 heterocycles. The molecule has 2 aromatic heterocycles. The van der Waals surface area contributed by atoms with Gasteiger partial charge in [0, 0.05) is 18.8 Å². The van der Waals surface area contributed by atoms with Gasteiger partial charge in [-0.05, 0) is 31.5 Å². The highest BCUT2D eigenvalue weighted by Gasteiger charge is 2.35. The summed E-state index contributed by atoms with van der Waals surface area (Å²) in [5.41, 5.74) is 1.90. The Kier molecular flexibility index (Phi) is 2.93. The lowest BCUT2D eigenvalue weighted by Gasteiger charge is -2.05. The molecule has 6 nitrogen and oxygen atoms in total. The molecule has 1 aliphatic heterocycles. The number of pyridine rings is 1.